The molecule has 0 aliphatic rings. The van der Waals surface area contributed by atoms with Crippen molar-refractivity contribution < 1.29 is 4.74 Å². The summed E-state index contributed by atoms with van der Waals surface area (Å²) < 4.78 is 6.77. The minimum Gasteiger partial charge on any atom is -0.383 e. The second-order valence-corrected chi connectivity index (χ2v) is 5.04. The predicted octanol–water partition coefficient (Wildman–Crippen LogP) is 1.97. The van der Waals surface area contributed by atoms with Gasteiger partial charge < -0.3 is 20.4 Å². The maximum atomic E-state index is 9.25. The van der Waals surface area contributed by atoms with Crippen molar-refractivity contribution in [3.63, 3.8) is 0 Å². The first-order valence-electron chi connectivity index (χ1n) is 7.12. The van der Waals surface area contributed by atoms with Gasteiger partial charge in [-0.3, -0.25) is 4.68 Å². The van der Waals surface area contributed by atoms with Crippen LogP contribution in [0.4, 0.5) is 17.2 Å². The number of hydrogen-bond donors (Lipinski definition) is 3. The van der Waals surface area contributed by atoms with E-state index in [2.05, 4.69) is 31.8 Å². The van der Waals surface area contributed by atoms with Crippen LogP contribution in [0.5, 0.6) is 0 Å². The van der Waals surface area contributed by atoms with Crippen LogP contribution < -0.4 is 10.6 Å². The summed E-state index contributed by atoms with van der Waals surface area (Å²) in [5.74, 6) is 0.664. The van der Waals surface area contributed by atoms with Gasteiger partial charge in [-0.2, -0.15) is 10.4 Å². The van der Waals surface area contributed by atoms with Crippen LogP contribution in [0.1, 0.15) is 5.56 Å². The normalized spacial score (nSPS) is 10.7. The summed E-state index contributed by atoms with van der Waals surface area (Å²) in [6.45, 7) is 1.21. The molecule has 118 valence electrons. The smallest absolute Gasteiger partial charge is 0.143 e. The molecule has 0 radical (unpaired) electrons. The number of nitriles is 1. The molecule has 0 spiro atoms. The molecule has 23 heavy (non-hydrogen) atoms. The number of aromatic amines is 1. The highest BCUT2D eigenvalue weighted by molar-refractivity contribution is 5.96. The molecule has 3 rings (SSSR count). The summed E-state index contributed by atoms with van der Waals surface area (Å²) in [4.78, 5) is 7.55. The molecule has 0 atom stereocenters. The first-order valence-corrected chi connectivity index (χ1v) is 7.12. The molecule has 8 heteroatoms. The molecule has 3 N–H and O–H groups in total. The Morgan fingerprint density at radius 2 is 2.35 bits per heavy atom. The van der Waals surface area contributed by atoms with Gasteiger partial charge in [0.1, 0.15) is 17.5 Å². The van der Waals surface area contributed by atoms with Crippen molar-refractivity contribution in [3.05, 3.63) is 30.2 Å². The van der Waals surface area contributed by atoms with Gasteiger partial charge in [0.15, 0.2) is 0 Å². The molecule has 0 aliphatic heterocycles. The third-order valence-electron chi connectivity index (χ3n) is 3.36. The zero-order chi connectivity index (χ0) is 16.2. The molecular weight excluding hydrogens is 294 g/mol. The summed E-state index contributed by atoms with van der Waals surface area (Å²) in [5.41, 5.74) is 2.88. The van der Waals surface area contributed by atoms with E-state index in [9.17, 15) is 5.26 Å². The molecule has 0 bridgehead atoms. The van der Waals surface area contributed by atoms with E-state index in [1.807, 2.05) is 19.3 Å². The van der Waals surface area contributed by atoms with Gasteiger partial charge in [-0.05, 0) is 0 Å². The molecule has 0 saturated carbocycles. The van der Waals surface area contributed by atoms with Gasteiger partial charge in [0, 0.05) is 39.2 Å². The highest BCUT2D eigenvalue weighted by Crippen LogP contribution is 2.29. The number of aryl methyl sites for hydroxylation is 1. The van der Waals surface area contributed by atoms with Gasteiger partial charge in [0.05, 0.1) is 35.1 Å². The molecule has 8 nitrogen and oxygen atoms in total. The molecule has 0 aliphatic carbocycles. The SMILES string of the molecule is COCCNc1cc(Nc2cnn(C)c2)nc2[nH]cc(C#N)c12. The van der Waals surface area contributed by atoms with E-state index in [1.165, 1.54) is 0 Å². The Balaban J connectivity index is 1.98. The quantitative estimate of drug-likeness (QED) is 0.601. The Morgan fingerprint density at radius 1 is 1.48 bits per heavy atom. The molecule has 0 unspecified atom stereocenters. The number of nitrogens with one attached hydrogen (secondary N) is 3. The molecule has 0 saturated heterocycles. The molecule has 0 fully saturated rings. The fourth-order valence-electron chi connectivity index (χ4n) is 2.35. The van der Waals surface area contributed by atoms with Crippen LogP contribution in [-0.2, 0) is 11.8 Å². The van der Waals surface area contributed by atoms with Crippen molar-refractivity contribution >= 4 is 28.2 Å². The van der Waals surface area contributed by atoms with E-state index in [0.717, 1.165) is 16.8 Å². The number of H-pyrrole nitrogens is 1. The topological polar surface area (TPSA) is 104 Å². The lowest BCUT2D eigenvalue weighted by molar-refractivity contribution is 0.211. The molecule has 0 amide bonds. The van der Waals surface area contributed by atoms with Crippen molar-refractivity contribution in [2.24, 2.45) is 7.05 Å². The van der Waals surface area contributed by atoms with Gasteiger partial charge in [-0.15, -0.1) is 0 Å². The second kappa shape index (κ2) is 6.37. The molecular formula is C15H17N7O. The van der Waals surface area contributed by atoms with Crippen LogP contribution in [0.15, 0.2) is 24.7 Å². The van der Waals surface area contributed by atoms with Crippen LogP contribution in [0.3, 0.4) is 0 Å². The van der Waals surface area contributed by atoms with E-state index >= 15 is 0 Å². The van der Waals surface area contributed by atoms with E-state index in [1.54, 1.807) is 24.2 Å². The number of ether oxygens (including phenoxy) is 1. The molecule has 3 aromatic heterocycles. The van der Waals surface area contributed by atoms with Crippen molar-refractivity contribution in [1.82, 2.24) is 19.7 Å². The van der Waals surface area contributed by atoms with Gasteiger partial charge in [-0.25, -0.2) is 4.98 Å². The lowest BCUT2D eigenvalue weighted by Crippen LogP contribution is -2.08. The van der Waals surface area contributed by atoms with E-state index < -0.39 is 0 Å². The Labute approximate surface area is 133 Å². The highest BCUT2D eigenvalue weighted by atomic mass is 16.5. The summed E-state index contributed by atoms with van der Waals surface area (Å²) in [7, 11) is 3.50. The number of nitrogens with zero attached hydrogens (tertiary/aromatic N) is 4. The second-order valence-electron chi connectivity index (χ2n) is 5.04. The number of anilines is 3. The summed E-state index contributed by atoms with van der Waals surface area (Å²) in [5, 5.41) is 20.6. The minimum atomic E-state index is 0.556. The number of pyridine rings is 1. The lowest BCUT2D eigenvalue weighted by Gasteiger charge is -2.10. The largest absolute Gasteiger partial charge is 0.383 e. The van der Waals surface area contributed by atoms with E-state index in [-0.39, 0.29) is 0 Å². The highest BCUT2D eigenvalue weighted by Gasteiger charge is 2.12. The van der Waals surface area contributed by atoms with E-state index in [0.29, 0.717) is 30.2 Å². The monoisotopic (exact) mass is 311 g/mol. The molecule has 3 aromatic rings. The Hall–Kier alpha value is -3.05. The number of methoxy groups -OCH3 is 1. The third kappa shape index (κ3) is 3.09. The lowest BCUT2D eigenvalue weighted by atomic mass is 10.2. The summed E-state index contributed by atoms with van der Waals surface area (Å²) in [6, 6.07) is 4.05. The number of rotatable bonds is 6. The maximum absolute atomic E-state index is 9.25. The molecule has 0 aromatic carbocycles. The Bertz CT molecular complexity index is 858. The average Bonchev–Trinajstić information content (AvgIpc) is 3.13. The van der Waals surface area contributed by atoms with Crippen molar-refractivity contribution in [2.45, 2.75) is 0 Å². The van der Waals surface area contributed by atoms with Crippen LogP contribution in [0.25, 0.3) is 11.0 Å². The van der Waals surface area contributed by atoms with Crippen molar-refractivity contribution in [3.8, 4) is 6.07 Å². The molecule has 3 heterocycles. The average molecular weight is 311 g/mol. The minimum absolute atomic E-state index is 0.556. The summed E-state index contributed by atoms with van der Waals surface area (Å²) in [6.07, 6.45) is 5.24. The van der Waals surface area contributed by atoms with Crippen molar-refractivity contribution in [1.29, 1.82) is 5.26 Å². The zero-order valence-corrected chi connectivity index (χ0v) is 12.9. The van der Waals surface area contributed by atoms with Gasteiger partial charge in [0.2, 0.25) is 0 Å². The van der Waals surface area contributed by atoms with Gasteiger partial charge in [-0.1, -0.05) is 0 Å². The standard InChI is InChI=1S/C15H17N7O/c1-22-9-11(8-19-22)20-13-5-12(17-3-4-23-2)14-10(6-16)7-18-15(14)21-13/h5,7-9H,3-4H2,1-2H3,(H3,17,18,20,21). The van der Waals surface area contributed by atoms with Gasteiger partial charge in [0.25, 0.3) is 0 Å². The fraction of sp³-hybridized carbons (Fsp3) is 0.267. The first-order chi connectivity index (χ1) is 11.2. The number of hydrogen-bond acceptors (Lipinski definition) is 6. The fourth-order valence-corrected chi connectivity index (χ4v) is 2.35. The Kier molecular flexibility index (Phi) is 4.12. The van der Waals surface area contributed by atoms with Crippen LogP contribution in [-0.4, -0.2) is 40.0 Å². The Morgan fingerprint density at radius 3 is 3.04 bits per heavy atom. The van der Waals surface area contributed by atoms with Crippen LogP contribution in [0, 0.1) is 11.3 Å². The van der Waals surface area contributed by atoms with Crippen LogP contribution in [0.2, 0.25) is 0 Å². The number of aromatic nitrogens is 4. The first kappa shape index (κ1) is 14.9. The van der Waals surface area contributed by atoms with E-state index in [4.69, 9.17) is 4.74 Å². The van der Waals surface area contributed by atoms with Gasteiger partial charge >= 0.3 is 0 Å². The van der Waals surface area contributed by atoms with Crippen molar-refractivity contribution in [2.75, 3.05) is 30.9 Å². The van der Waals surface area contributed by atoms with Crippen LogP contribution >= 0.6 is 0 Å². The predicted molar refractivity (Wildman–Crippen MR) is 87.7 cm³/mol. The zero-order valence-electron chi connectivity index (χ0n) is 12.9. The summed E-state index contributed by atoms with van der Waals surface area (Å²) >= 11 is 0. The number of fused-ring (bicyclic) bond motifs is 1. The maximum Gasteiger partial charge on any atom is 0.143 e. The third-order valence-corrected chi connectivity index (χ3v) is 3.36.